The monoisotopic (exact) mass is 222 g/mol. The highest BCUT2D eigenvalue weighted by atomic mass is 16.5. The minimum atomic E-state index is -0.824. The maximum atomic E-state index is 11.6. The van der Waals surface area contributed by atoms with Crippen LogP contribution in [0.2, 0.25) is 0 Å². The number of hydrogen-bond acceptors (Lipinski definition) is 4. The van der Waals surface area contributed by atoms with Crippen LogP contribution in [0.4, 0.5) is 0 Å². The Bertz CT molecular complexity index is 413. The molecule has 0 radical (unpaired) electrons. The van der Waals surface area contributed by atoms with Crippen LogP contribution >= 0.6 is 0 Å². The minimum Gasteiger partial charge on any atom is -0.508 e. The highest BCUT2D eigenvalue weighted by molar-refractivity contribution is 5.75. The lowest BCUT2D eigenvalue weighted by atomic mass is 10.0. The zero-order valence-corrected chi connectivity index (χ0v) is 9.01. The average molecular weight is 222 g/mol. The first-order valence-corrected chi connectivity index (χ1v) is 5.30. The summed E-state index contributed by atoms with van der Waals surface area (Å²) in [5.74, 6) is -0.780. The summed E-state index contributed by atoms with van der Waals surface area (Å²) < 4.78 is 4.90. The Labute approximate surface area is 93.5 Å². The molecule has 0 bridgehead atoms. The smallest absolute Gasteiger partial charge is 0.312 e. The number of aliphatic hydroxyl groups is 1. The van der Waals surface area contributed by atoms with Crippen molar-refractivity contribution in [3.8, 4) is 5.75 Å². The lowest BCUT2D eigenvalue weighted by molar-refractivity contribution is -0.151. The number of hydrogen-bond donors (Lipinski definition) is 2. The predicted octanol–water partition coefficient (Wildman–Crippen LogP) is 1.16. The molecule has 2 atom stereocenters. The van der Waals surface area contributed by atoms with Crippen molar-refractivity contribution in [2.75, 3.05) is 6.61 Å². The second-order valence-corrected chi connectivity index (χ2v) is 3.89. The summed E-state index contributed by atoms with van der Waals surface area (Å²) in [6, 6.07) is 4.74. The highest BCUT2D eigenvalue weighted by Crippen LogP contribution is 2.38. The Morgan fingerprint density at radius 1 is 1.56 bits per heavy atom. The van der Waals surface area contributed by atoms with E-state index < -0.39 is 12.0 Å². The molecular weight excluding hydrogens is 208 g/mol. The number of fused-ring (bicyclic) bond motifs is 1. The van der Waals surface area contributed by atoms with Crippen LogP contribution in [0, 0.1) is 5.92 Å². The van der Waals surface area contributed by atoms with Gasteiger partial charge in [-0.15, -0.1) is 0 Å². The topological polar surface area (TPSA) is 66.8 Å². The van der Waals surface area contributed by atoms with Crippen molar-refractivity contribution >= 4 is 5.97 Å². The third-order valence-electron chi connectivity index (χ3n) is 2.86. The van der Waals surface area contributed by atoms with Gasteiger partial charge in [0.15, 0.2) is 0 Å². The number of ether oxygens (including phenoxy) is 1. The summed E-state index contributed by atoms with van der Waals surface area (Å²) >= 11 is 0. The fraction of sp³-hybridized carbons (Fsp3) is 0.417. The Balaban J connectivity index is 2.23. The quantitative estimate of drug-likeness (QED) is 0.737. The van der Waals surface area contributed by atoms with Crippen molar-refractivity contribution in [3.05, 3.63) is 29.3 Å². The van der Waals surface area contributed by atoms with Gasteiger partial charge in [-0.25, -0.2) is 0 Å². The third-order valence-corrected chi connectivity index (χ3v) is 2.86. The Hall–Kier alpha value is -1.55. The summed E-state index contributed by atoms with van der Waals surface area (Å²) in [5, 5.41) is 19.3. The van der Waals surface area contributed by atoms with Gasteiger partial charge in [0.1, 0.15) is 5.75 Å². The summed E-state index contributed by atoms with van der Waals surface area (Å²) in [5.41, 5.74) is 1.52. The van der Waals surface area contributed by atoms with Gasteiger partial charge in [0.2, 0.25) is 0 Å². The van der Waals surface area contributed by atoms with Gasteiger partial charge in [-0.2, -0.15) is 0 Å². The predicted molar refractivity (Wildman–Crippen MR) is 56.9 cm³/mol. The molecule has 1 aliphatic carbocycles. The SMILES string of the molecule is CCOC(=O)[C@H]1Cc2cc(O)ccc2[C@H]1O. The van der Waals surface area contributed by atoms with E-state index in [4.69, 9.17) is 4.74 Å². The van der Waals surface area contributed by atoms with Gasteiger partial charge < -0.3 is 14.9 Å². The van der Waals surface area contributed by atoms with Crippen LogP contribution in [0.3, 0.4) is 0 Å². The number of benzene rings is 1. The summed E-state index contributed by atoms with van der Waals surface area (Å²) in [6.45, 7) is 2.04. The van der Waals surface area contributed by atoms with Crippen LogP contribution in [0.25, 0.3) is 0 Å². The number of aliphatic hydroxyl groups excluding tert-OH is 1. The zero-order chi connectivity index (χ0) is 11.7. The van der Waals surface area contributed by atoms with Gasteiger partial charge in [0.25, 0.3) is 0 Å². The highest BCUT2D eigenvalue weighted by Gasteiger charge is 2.37. The maximum absolute atomic E-state index is 11.6. The van der Waals surface area contributed by atoms with Crippen molar-refractivity contribution < 1.29 is 19.7 Å². The number of carbonyl (C=O) groups excluding carboxylic acids is 1. The second-order valence-electron chi connectivity index (χ2n) is 3.89. The van der Waals surface area contributed by atoms with E-state index in [2.05, 4.69) is 0 Å². The van der Waals surface area contributed by atoms with E-state index in [1.54, 1.807) is 19.1 Å². The van der Waals surface area contributed by atoms with Crippen molar-refractivity contribution in [1.29, 1.82) is 0 Å². The van der Waals surface area contributed by atoms with Crippen LogP contribution in [-0.2, 0) is 16.0 Å². The molecule has 2 N–H and O–H groups in total. The number of rotatable bonds is 2. The molecule has 16 heavy (non-hydrogen) atoms. The standard InChI is InChI=1S/C12H14O4/c1-2-16-12(15)10-6-7-5-8(13)3-4-9(7)11(10)14/h3-5,10-11,13-14H,2,6H2,1H3/t10-,11+/m0/s1. The van der Waals surface area contributed by atoms with Crippen LogP contribution in [0.1, 0.15) is 24.2 Å². The Morgan fingerprint density at radius 3 is 3.00 bits per heavy atom. The summed E-state index contributed by atoms with van der Waals surface area (Å²) in [4.78, 5) is 11.6. The lowest BCUT2D eigenvalue weighted by Gasteiger charge is -2.13. The first-order chi connectivity index (χ1) is 7.63. The van der Waals surface area contributed by atoms with Gasteiger partial charge in [0.05, 0.1) is 18.6 Å². The van der Waals surface area contributed by atoms with Gasteiger partial charge in [0, 0.05) is 0 Å². The van der Waals surface area contributed by atoms with E-state index in [0.29, 0.717) is 18.6 Å². The summed E-state index contributed by atoms with van der Waals surface area (Å²) in [6.07, 6.45) is -0.404. The number of phenolic OH excluding ortho intramolecular Hbond substituents is 1. The van der Waals surface area contributed by atoms with Crippen LogP contribution < -0.4 is 0 Å². The second kappa shape index (κ2) is 4.14. The van der Waals surface area contributed by atoms with E-state index in [9.17, 15) is 15.0 Å². The zero-order valence-electron chi connectivity index (χ0n) is 9.01. The molecule has 0 saturated heterocycles. The number of esters is 1. The van der Waals surface area contributed by atoms with E-state index in [1.807, 2.05) is 0 Å². The first-order valence-electron chi connectivity index (χ1n) is 5.30. The number of phenols is 1. The van der Waals surface area contributed by atoms with Gasteiger partial charge in [-0.1, -0.05) is 6.07 Å². The number of aromatic hydroxyl groups is 1. The first kappa shape index (κ1) is 11.0. The molecule has 0 amide bonds. The normalized spacial score (nSPS) is 22.9. The van der Waals surface area contributed by atoms with E-state index in [0.717, 1.165) is 5.56 Å². The molecular formula is C12H14O4. The Morgan fingerprint density at radius 2 is 2.31 bits per heavy atom. The van der Waals surface area contributed by atoms with Gasteiger partial charge >= 0.3 is 5.97 Å². The molecule has 0 fully saturated rings. The molecule has 1 aromatic carbocycles. The van der Waals surface area contributed by atoms with Crippen molar-refractivity contribution in [1.82, 2.24) is 0 Å². The molecule has 0 aromatic heterocycles. The van der Waals surface area contributed by atoms with Crippen molar-refractivity contribution in [3.63, 3.8) is 0 Å². The lowest BCUT2D eigenvalue weighted by Crippen LogP contribution is -2.21. The van der Waals surface area contributed by atoms with E-state index >= 15 is 0 Å². The van der Waals surface area contributed by atoms with E-state index in [1.165, 1.54) is 6.07 Å². The maximum Gasteiger partial charge on any atom is 0.312 e. The molecule has 1 aromatic rings. The fourth-order valence-corrected chi connectivity index (χ4v) is 2.08. The molecule has 2 rings (SSSR count). The van der Waals surface area contributed by atoms with Gasteiger partial charge in [-0.05, 0) is 36.6 Å². The van der Waals surface area contributed by atoms with Gasteiger partial charge in [-0.3, -0.25) is 4.79 Å². The molecule has 86 valence electrons. The molecule has 0 heterocycles. The Kier molecular flexibility index (Phi) is 2.83. The van der Waals surface area contributed by atoms with Crippen LogP contribution in [-0.4, -0.2) is 22.8 Å². The molecule has 1 aliphatic rings. The molecule has 0 aliphatic heterocycles. The average Bonchev–Trinajstić information content (AvgIpc) is 2.56. The molecule has 0 spiro atoms. The molecule has 0 saturated carbocycles. The third kappa shape index (κ3) is 1.76. The van der Waals surface area contributed by atoms with Crippen LogP contribution in [0.15, 0.2) is 18.2 Å². The largest absolute Gasteiger partial charge is 0.508 e. The fourth-order valence-electron chi connectivity index (χ4n) is 2.08. The molecule has 4 nitrogen and oxygen atoms in total. The molecule has 0 unspecified atom stereocenters. The number of carbonyl (C=O) groups is 1. The van der Waals surface area contributed by atoms with Crippen molar-refractivity contribution in [2.45, 2.75) is 19.4 Å². The minimum absolute atomic E-state index is 0.149. The molecule has 4 heteroatoms. The summed E-state index contributed by atoms with van der Waals surface area (Å²) in [7, 11) is 0. The van der Waals surface area contributed by atoms with Crippen LogP contribution in [0.5, 0.6) is 5.75 Å². The van der Waals surface area contributed by atoms with Crippen molar-refractivity contribution in [2.24, 2.45) is 5.92 Å². The van der Waals surface area contributed by atoms with E-state index in [-0.39, 0.29) is 11.7 Å².